The number of carbonyl (C=O) groups is 2. The van der Waals surface area contributed by atoms with Gasteiger partial charge < -0.3 is 14.8 Å². The maximum Gasteiger partial charge on any atom is 0.324 e. The number of unbranched alkanes of at least 4 members (excludes halogenated alkanes) is 1. The molecule has 120 valence electrons. The molecule has 1 heterocycles. The van der Waals surface area contributed by atoms with Gasteiger partial charge in [-0.3, -0.25) is 9.69 Å². The van der Waals surface area contributed by atoms with Crippen LogP contribution in [-0.4, -0.2) is 37.6 Å². The van der Waals surface area contributed by atoms with Gasteiger partial charge in [-0.25, -0.2) is 4.79 Å². The summed E-state index contributed by atoms with van der Waals surface area (Å²) in [5, 5.41) is 2.88. The number of hydrogen-bond acceptors (Lipinski definition) is 4. The fourth-order valence-electron chi connectivity index (χ4n) is 2.49. The third-order valence-electron chi connectivity index (χ3n) is 3.77. The second-order valence-electron chi connectivity index (χ2n) is 5.22. The van der Waals surface area contributed by atoms with E-state index in [1.165, 1.54) is 4.90 Å². The van der Waals surface area contributed by atoms with Crippen molar-refractivity contribution >= 4 is 11.9 Å². The third kappa shape index (κ3) is 3.32. The van der Waals surface area contributed by atoms with Crippen LogP contribution in [0.1, 0.15) is 37.8 Å². The molecule has 3 amide bonds. The highest BCUT2D eigenvalue weighted by Gasteiger charge is 2.32. The highest BCUT2D eigenvalue weighted by molar-refractivity contribution is 5.97. The number of amides is 3. The number of imide groups is 1. The zero-order chi connectivity index (χ0) is 16.1. The Morgan fingerprint density at radius 1 is 1.23 bits per heavy atom. The van der Waals surface area contributed by atoms with Crippen molar-refractivity contribution in [1.29, 1.82) is 0 Å². The Balaban J connectivity index is 2.15. The summed E-state index contributed by atoms with van der Waals surface area (Å²) in [5.74, 6) is 1.05. The fraction of sp³-hybridized carbons (Fsp3) is 0.500. The highest BCUT2D eigenvalue weighted by Crippen LogP contribution is 2.32. The second-order valence-corrected chi connectivity index (χ2v) is 5.22. The molecule has 6 nitrogen and oxygen atoms in total. The largest absolute Gasteiger partial charge is 0.493 e. The molecular weight excluding hydrogens is 284 g/mol. The zero-order valence-corrected chi connectivity index (χ0v) is 13.2. The molecule has 2 rings (SSSR count). The van der Waals surface area contributed by atoms with E-state index in [9.17, 15) is 9.59 Å². The van der Waals surface area contributed by atoms with Gasteiger partial charge in [-0.05, 0) is 24.1 Å². The molecule has 1 N–H and O–H groups in total. The summed E-state index contributed by atoms with van der Waals surface area (Å²) in [4.78, 5) is 25.6. The minimum absolute atomic E-state index is 0.142. The molecule has 1 aromatic carbocycles. The predicted octanol–water partition coefficient (Wildman–Crippen LogP) is 2.49. The van der Waals surface area contributed by atoms with E-state index in [0.717, 1.165) is 18.4 Å². The Morgan fingerprint density at radius 2 is 1.95 bits per heavy atom. The average molecular weight is 306 g/mol. The first kappa shape index (κ1) is 16.1. The minimum Gasteiger partial charge on any atom is -0.493 e. The number of hydrogen-bond donors (Lipinski definition) is 1. The quantitative estimate of drug-likeness (QED) is 0.876. The van der Waals surface area contributed by atoms with E-state index in [0.29, 0.717) is 18.0 Å². The first-order chi connectivity index (χ1) is 10.6. The number of methoxy groups -OCH3 is 2. The lowest BCUT2D eigenvalue weighted by atomic mass is 10.0. The molecule has 0 radical (unpaired) electrons. The maximum atomic E-state index is 12.2. The van der Waals surface area contributed by atoms with Crippen LogP contribution in [0.25, 0.3) is 0 Å². The van der Waals surface area contributed by atoms with Gasteiger partial charge in [0.1, 0.15) is 0 Å². The lowest BCUT2D eigenvalue weighted by molar-refractivity contribution is -0.130. The van der Waals surface area contributed by atoms with Crippen LogP contribution in [0.2, 0.25) is 0 Å². The molecule has 1 aromatic rings. The van der Waals surface area contributed by atoms with Gasteiger partial charge in [0.05, 0.1) is 26.7 Å². The van der Waals surface area contributed by atoms with Crippen LogP contribution in [0.5, 0.6) is 11.5 Å². The van der Waals surface area contributed by atoms with Crippen LogP contribution in [-0.2, 0) is 4.79 Å². The molecular formula is C16H22N2O4. The summed E-state index contributed by atoms with van der Waals surface area (Å²) in [5.41, 5.74) is 0.828. The predicted molar refractivity (Wildman–Crippen MR) is 82.1 cm³/mol. The standard InChI is InChI=1S/C16H22N2O4/c1-4-5-8-18-15(19)10-12(17-16(18)20)11-6-7-13(21-2)14(9-11)22-3/h6-7,9,12H,4-5,8,10H2,1-3H3,(H,17,20)/t12-/m1/s1. The number of ether oxygens (including phenoxy) is 2. The van der Waals surface area contributed by atoms with Crippen molar-refractivity contribution in [3.8, 4) is 11.5 Å². The normalized spacial score (nSPS) is 18.1. The van der Waals surface area contributed by atoms with E-state index >= 15 is 0 Å². The Kier molecular flexibility index (Phi) is 5.25. The SMILES string of the molecule is CCCCN1C(=O)C[C@H](c2ccc(OC)c(OC)c2)NC1=O. The topological polar surface area (TPSA) is 67.9 Å². The molecule has 6 heteroatoms. The van der Waals surface area contributed by atoms with Crippen LogP contribution >= 0.6 is 0 Å². The molecule has 1 aliphatic heterocycles. The maximum absolute atomic E-state index is 12.2. The van der Waals surface area contributed by atoms with Crippen molar-refractivity contribution in [2.75, 3.05) is 20.8 Å². The molecule has 1 fully saturated rings. The lowest BCUT2D eigenvalue weighted by Crippen LogP contribution is -2.51. The Bertz CT molecular complexity index is 541. The monoisotopic (exact) mass is 306 g/mol. The number of nitrogens with zero attached hydrogens (tertiary/aromatic N) is 1. The van der Waals surface area contributed by atoms with Crippen molar-refractivity contribution in [2.45, 2.75) is 32.2 Å². The summed E-state index contributed by atoms with van der Waals surface area (Å²) < 4.78 is 10.5. The summed E-state index contributed by atoms with van der Waals surface area (Å²) in [6, 6.07) is 4.73. The van der Waals surface area contributed by atoms with Crippen molar-refractivity contribution in [3.63, 3.8) is 0 Å². The molecule has 0 bridgehead atoms. The molecule has 0 spiro atoms. The number of nitrogens with one attached hydrogen (secondary N) is 1. The van der Waals surface area contributed by atoms with Gasteiger partial charge >= 0.3 is 6.03 Å². The summed E-state index contributed by atoms with van der Waals surface area (Å²) in [6.45, 7) is 2.50. The van der Waals surface area contributed by atoms with Crippen LogP contribution in [0, 0.1) is 0 Å². The molecule has 1 saturated heterocycles. The van der Waals surface area contributed by atoms with Gasteiger partial charge in [0, 0.05) is 6.54 Å². The zero-order valence-electron chi connectivity index (χ0n) is 13.2. The smallest absolute Gasteiger partial charge is 0.324 e. The second kappa shape index (κ2) is 7.15. The first-order valence-electron chi connectivity index (χ1n) is 7.43. The van der Waals surface area contributed by atoms with Gasteiger partial charge in [-0.15, -0.1) is 0 Å². The Hall–Kier alpha value is -2.24. The minimum atomic E-state index is -0.335. The van der Waals surface area contributed by atoms with Crippen molar-refractivity contribution in [2.24, 2.45) is 0 Å². The van der Waals surface area contributed by atoms with E-state index in [1.807, 2.05) is 13.0 Å². The highest BCUT2D eigenvalue weighted by atomic mass is 16.5. The van der Waals surface area contributed by atoms with E-state index in [-0.39, 0.29) is 24.4 Å². The molecule has 1 atom stereocenters. The number of benzene rings is 1. The van der Waals surface area contributed by atoms with E-state index < -0.39 is 0 Å². The van der Waals surface area contributed by atoms with Gasteiger partial charge in [0.2, 0.25) is 5.91 Å². The molecule has 0 aromatic heterocycles. The molecule has 0 saturated carbocycles. The van der Waals surface area contributed by atoms with Crippen LogP contribution in [0.15, 0.2) is 18.2 Å². The van der Waals surface area contributed by atoms with Gasteiger partial charge in [-0.2, -0.15) is 0 Å². The lowest BCUT2D eigenvalue weighted by Gasteiger charge is -2.31. The Morgan fingerprint density at radius 3 is 2.55 bits per heavy atom. The third-order valence-corrected chi connectivity index (χ3v) is 3.77. The summed E-state index contributed by atoms with van der Waals surface area (Å²) in [7, 11) is 3.12. The van der Waals surface area contributed by atoms with Gasteiger partial charge in [0.15, 0.2) is 11.5 Å². The molecule has 0 unspecified atom stereocenters. The summed E-state index contributed by atoms with van der Waals surface area (Å²) in [6.07, 6.45) is 2.02. The van der Waals surface area contributed by atoms with Gasteiger partial charge in [-0.1, -0.05) is 19.4 Å². The van der Waals surface area contributed by atoms with Crippen LogP contribution in [0.3, 0.4) is 0 Å². The fourth-order valence-corrected chi connectivity index (χ4v) is 2.49. The van der Waals surface area contributed by atoms with Gasteiger partial charge in [0.25, 0.3) is 0 Å². The number of carbonyl (C=O) groups excluding carboxylic acids is 2. The molecule has 0 aliphatic carbocycles. The van der Waals surface area contributed by atoms with E-state index in [4.69, 9.17) is 9.47 Å². The van der Waals surface area contributed by atoms with Crippen molar-refractivity contribution < 1.29 is 19.1 Å². The van der Waals surface area contributed by atoms with E-state index in [1.54, 1.807) is 26.4 Å². The average Bonchev–Trinajstić information content (AvgIpc) is 2.53. The number of urea groups is 1. The summed E-state index contributed by atoms with van der Waals surface area (Å²) >= 11 is 0. The van der Waals surface area contributed by atoms with Crippen LogP contribution in [0.4, 0.5) is 4.79 Å². The van der Waals surface area contributed by atoms with Crippen LogP contribution < -0.4 is 14.8 Å². The number of rotatable bonds is 6. The Labute approximate surface area is 130 Å². The molecule has 1 aliphatic rings. The van der Waals surface area contributed by atoms with Crippen molar-refractivity contribution in [1.82, 2.24) is 10.2 Å². The first-order valence-corrected chi connectivity index (χ1v) is 7.43. The van der Waals surface area contributed by atoms with Crippen molar-refractivity contribution in [3.05, 3.63) is 23.8 Å². The van der Waals surface area contributed by atoms with E-state index in [2.05, 4.69) is 5.32 Å². The molecule has 22 heavy (non-hydrogen) atoms.